The number of carbonyl (C=O) groups excluding carboxylic acids is 2. The van der Waals surface area contributed by atoms with Gasteiger partial charge in [-0.05, 0) is 25.0 Å². The van der Waals surface area contributed by atoms with Crippen molar-refractivity contribution in [1.29, 1.82) is 0 Å². The Bertz CT molecular complexity index is 333. The molecule has 0 aromatic rings. The van der Waals surface area contributed by atoms with Crippen LogP contribution in [0, 0.1) is 5.92 Å². The molecule has 0 bridgehead atoms. The van der Waals surface area contributed by atoms with Gasteiger partial charge in [-0.2, -0.15) is 11.8 Å². The van der Waals surface area contributed by atoms with Gasteiger partial charge in [0.1, 0.15) is 12.1 Å². The molecule has 0 aromatic carbocycles. The highest BCUT2D eigenvalue weighted by Gasteiger charge is 2.43. The lowest BCUT2D eigenvalue weighted by Gasteiger charge is -2.44. The van der Waals surface area contributed by atoms with Gasteiger partial charge in [0.25, 0.3) is 0 Å². The Hall–Kier alpha value is -0.710. The van der Waals surface area contributed by atoms with Gasteiger partial charge in [-0.15, -0.1) is 0 Å². The van der Waals surface area contributed by atoms with Crippen LogP contribution in [0.15, 0.2) is 0 Å². The van der Waals surface area contributed by atoms with Crippen molar-refractivity contribution in [2.45, 2.75) is 58.7 Å². The van der Waals surface area contributed by atoms with E-state index in [1.165, 1.54) is 0 Å². The molecule has 1 fully saturated rings. The van der Waals surface area contributed by atoms with E-state index in [0.29, 0.717) is 6.42 Å². The maximum absolute atomic E-state index is 12.7. The van der Waals surface area contributed by atoms with Crippen LogP contribution in [0.4, 0.5) is 0 Å². The molecule has 4 nitrogen and oxygen atoms in total. The number of nitrogens with one attached hydrogen (secondary N) is 1. The lowest BCUT2D eigenvalue weighted by Crippen LogP contribution is -2.67. The summed E-state index contributed by atoms with van der Waals surface area (Å²) < 4.78 is 0. The Morgan fingerprint density at radius 1 is 1.32 bits per heavy atom. The average Bonchev–Trinajstić information content (AvgIpc) is 2.37. The monoisotopic (exact) mass is 286 g/mol. The number of thioether (sulfide) groups is 1. The summed E-state index contributed by atoms with van der Waals surface area (Å²) >= 11 is 1.73. The summed E-state index contributed by atoms with van der Waals surface area (Å²) in [7, 11) is 0. The maximum atomic E-state index is 12.7. The van der Waals surface area contributed by atoms with Crippen molar-refractivity contribution in [1.82, 2.24) is 10.2 Å². The van der Waals surface area contributed by atoms with Crippen LogP contribution in [-0.4, -0.2) is 46.8 Å². The summed E-state index contributed by atoms with van der Waals surface area (Å²) in [4.78, 5) is 26.7. The van der Waals surface area contributed by atoms with E-state index in [1.54, 1.807) is 11.8 Å². The molecule has 1 saturated heterocycles. The number of piperazine rings is 1. The smallest absolute Gasteiger partial charge is 0.246 e. The summed E-state index contributed by atoms with van der Waals surface area (Å²) in [5.74, 6) is 1.10. The van der Waals surface area contributed by atoms with Crippen LogP contribution in [0.25, 0.3) is 0 Å². The molecule has 5 heteroatoms. The van der Waals surface area contributed by atoms with Gasteiger partial charge in [-0.3, -0.25) is 9.59 Å². The maximum Gasteiger partial charge on any atom is 0.246 e. The largest absolute Gasteiger partial charge is 0.342 e. The molecule has 0 radical (unpaired) electrons. The second-order valence-electron chi connectivity index (χ2n) is 5.42. The minimum Gasteiger partial charge on any atom is -0.342 e. The average molecular weight is 286 g/mol. The second kappa shape index (κ2) is 7.17. The standard InChI is InChI=1S/C14H26N2O2S/c1-6-10(8-19-5)16-11(7-2)13(17)15-12(9(3)4)14(16)18/h9-12H,6-8H2,1-5H3,(H,15,17). The van der Waals surface area contributed by atoms with E-state index in [9.17, 15) is 9.59 Å². The highest BCUT2D eigenvalue weighted by Crippen LogP contribution is 2.23. The minimum atomic E-state index is -0.369. The van der Waals surface area contributed by atoms with Crippen LogP contribution in [0.1, 0.15) is 40.5 Å². The molecular formula is C14H26N2O2S. The predicted octanol–water partition coefficient (Wildman–Crippen LogP) is 1.89. The second-order valence-corrected chi connectivity index (χ2v) is 6.33. The highest BCUT2D eigenvalue weighted by atomic mass is 32.2. The number of amides is 2. The first-order valence-electron chi connectivity index (χ1n) is 7.09. The Morgan fingerprint density at radius 3 is 2.37 bits per heavy atom. The van der Waals surface area contributed by atoms with Crippen LogP contribution in [-0.2, 0) is 9.59 Å². The van der Waals surface area contributed by atoms with Gasteiger partial charge in [0, 0.05) is 11.8 Å². The molecule has 1 rings (SSSR count). The third-order valence-corrected chi connectivity index (χ3v) is 4.45. The molecule has 3 unspecified atom stereocenters. The molecular weight excluding hydrogens is 260 g/mol. The zero-order chi connectivity index (χ0) is 14.6. The molecule has 1 aliphatic heterocycles. The van der Waals surface area contributed by atoms with E-state index in [2.05, 4.69) is 12.2 Å². The summed E-state index contributed by atoms with van der Waals surface area (Å²) in [6.45, 7) is 8.00. The van der Waals surface area contributed by atoms with Crippen molar-refractivity contribution >= 4 is 23.6 Å². The van der Waals surface area contributed by atoms with Crippen molar-refractivity contribution in [2.24, 2.45) is 5.92 Å². The van der Waals surface area contributed by atoms with E-state index < -0.39 is 0 Å². The van der Waals surface area contributed by atoms with E-state index in [0.717, 1.165) is 12.2 Å². The van der Waals surface area contributed by atoms with Crippen LogP contribution in [0.3, 0.4) is 0 Å². The molecule has 3 atom stereocenters. The Morgan fingerprint density at radius 2 is 1.95 bits per heavy atom. The lowest BCUT2D eigenvalue weighted by molar-refractivity contribution is -0.153. The molecule has 0 aromatic heterocycles. The summed E-state index contributed by atoms with van der Waals surface area (Å²) in [6.07, 6.45) is 3.60. The summed E-state index contributed by atoms with van der Waals surface area (Å²) in [5, 5.41) is 2.88. The number of hydrogen-bond donors (Lipinski definition) is 1. The zero-order valence-electron chi connectivity index (χ0n) is 12.6. The van der Waals surface area contributed by atoms with Gasteiger partial charge in [0.05, 0.1) is 0 Å². The van der Waals surface area contributed by atoms with E-state index >= 15 is 0 Å². The van der Waals surface area contributed by atoms with Crippen molar-refractivity contribution in [3.8, 4) is 0 Å². The highest BCUT2D eigenvalue weighted by molar-refractivity contribution is 7.98. The van der Waals surface area contributed by atoms with Crippen LogP contribution in [0.2, 0.25) is 0 Å². The fourth-order valence-electron chi connectivity index (χ4n) is 2.61. The molecule has 0 aliphatic carbocycles. The molecule has 1 aliphatic rings. The Kier molecular flexibility index (Phi) is 6.17. The Balaban J connectivity index is 3.04. The molecule has 1 N–H and O–H groups in total. The van der Waals surface area contributed by atoms with E-state index in [-0.39, 0.29) is 35.9 Å². The van der Waals surface area contributed by atoms with Crippen molar-refractivity contribution < 1.29 is 9.59 Å². The summed E-state index contributed by atoms with van der Waals surface area (Å²) in [5.41, 5.74) is 0. The first-order valence-corrected chi connectivity index (χ1v) is 8.48. The topological polar surface area (TPSA) is 49.4 Å². The van der Waals surface area contributed by atoms with Crippen LogP contribution >= 0.6 is 11.8 Å². The number of nitrogens with zero attached hydrogens (tertiary/aromatic N) is 1. The molecule has 0 saturated carbocycles. The van der Waals surface area contributed by atoms with Gasteiger partial charge in [0.2, 0.25) is 11.8 Å². The first-order chi connectivity index (χ1) is 8.97. The minimum absolute atomic E-state index is 0.000327. The fourth-order valence-corrected chi connectivity index (χ4v) is 3.39. The van der Waals surface area contributed by atoms with Gasteiger partial charge >= 0.3 is 0 Å². The molecule has 1 heterocycles. The molecule has 0 spiro atoms. The molecule has 19 heavy (non-hydrogen) atoms. The Labute approximate surface area is 120 Å². The van der Waals surface area contributed by atoms with Crippen molar-refractivity contribution in [2.75, 3.05) is 12.0 Å². The van der Waals surface area contributed by atoms with Gasteiger partial charge in [-0.25, -0.2) is 0 Å². The van der Waals surface area contributed by atoms with Gasteiger partial charge in [-0.1, -0.05) is 27.7 Å². The first kappa shape index (κ1) is 16.3. The van der Waals surface area contributed by atoms with E-state index in [4.69, 9.17) is 0 Å². The normalized spacial score (nSPS) is 25.7. The number of hydrogen-bond acceptors (Lipinski definition) is 3. The summed E-state index contributed by atoms with van der Waals surface area (Å²) in [6, 6.07) is -0.523. The van der Waals surface area contributed by atoms with Gasteiger partial charge in [0.15, 0.2) is 0 Å². The third kappa shape index (κ3) is 3.44. The number of carbonyl (C=O) groups is 2. The predicted molar refractivity (Wildman–Crippen MR) is 80.2 cm³/mol. The van der Waals surface area contributed by atoms with Crippen LogP contribution < -0.4 is 5.32 Å². The molecule has 110 valence electrons. The number of rotatable bonds is 6. The SMILES string of the molecule is CCC(CSC)N1C(=O)C(C(C)C)NC(=O)C1CC. The lowest BCUT2D eigenvalue weighted by atomic mass is 9.95. The van der Waals surface area contributed by atoms with Gasteiger partial charge < -0.3 is 10.2 Å². The van der Waals surface area contributed by atoms with Crippen molar-refractivity contribution in [3.63, 3.8) is 0 Å². The fraction of sp³-hybridized carbons (Fsp3) is 0.857. The van der Waals surface area contributed by atoms with Crippen LogP contribution in [0.5, 0.6) is 0 Å². The molecule has 2 amide bonds. The zero-order valence-corrected chi connectivity index (χ0v) is 13.4. The van der Waals surface area contributed by atoms with Crippen molar-refractivity contribution in [3.05, 3.63) is 0 Å². The third-order valence-electron chi connectivity index (χ3n) is 3.73. The van der Waals surface area contributed by atoms with E-state index in [1.807, 2.05) is 31.9 Å². The quantitative estimate of drug-likeness (QED) is 0.811.